The molecule has 0 fully saturated rings. The molecule has 110 valence electrons. The van der Waals surface area contributed by atoms with Crippen LogP contribution in [-0.2, 0) is 13.1 Å². The second-order valence-corrected chi connectivity index (χ2v) is 4.95. The van der Waals surface area contributed by atoms with Crippen LogP contribution in [0.2, 0.25) is 0 Å². The molecule has 2 N–H and O–H groups in total. The van der Waals surface area contributed by atoms with Crippen LogP contribution in [0, 0.1) is 0 Å². The van der Waals surface area contributed by atoms with Gasteiger partial charge < -0.3 is 15.2 Å². The fourth-order valence-electron chi connectivity index (χ4n) is 1.72. The summed E-state index contributed by atoms with van der Waals surface area (Å²) >= 11 is 1.71. The van der Waals surface area contributed by atoms with Gasteiger partial charge in [0.2, 0.25) is 0 Å². The van der Waals surface area contributed by atoms with Crippen molar-refractivity contribution in [3.8, 4) is 0 Å². The highest BCUT2D eigenvalue weighted by atomic mass is 127. The van der Waals surface area contributed by atoms with Crippen molar-refractivity contribution in [2.45, 2.75) is 20.0 Å². The zero-order valence-corrected chi connectivity index (χ0v) is 14.7. The Labute approximate surface area is 141 Å². The zero-order valence-electron chi connectivity index (χ0n) is 11.6. The molecule has 0 aliphatic carbocycles. The van der Waals surface area contributed by atoms with Crippen LogP contribution < -0.4 is 10.6 Å². The topological polar surface area (TPSA) is 41.4 Å². The van der Waals surface area contributed by atoms with Gasteiger partial charge in [-0.1, -0.05) is 0 Å². The van der Waals surface area contributed by atoms with Crippen molar-refractivity contribution in [2.24, 2.45) is 4.99 Å². The number of aliphatic imine (C=N–C) groups is 1. The minimum atomic E-state index is 0. The van der Waals surface area contributed by atoms with Gasteiger partial charge in [-0.3, -0.25) is 0 Å². The highest BCUT2D eigenvalue weighted by Crippen LogP contribution is 2.06. The van der Waals surface area contributed by atoms with E-state index in [9.17, 15) is 0 Å². The maximum atomic E-state index is 4.57. The predicted octanol–water partition coefficient (Wildman–Crippen LogP) is 2.92. The van der Waals surface area contributed by atoms with Crippen LogP contribution in [0.4, 0.5) is 0 Å². The van der Waals surface area contributed by atoms with Crippen molar-refractivity contribution in [3.63, 3.8) is 0 Å². The molecule has 0 radical (unpaired) electrons. The smallest absolute Gasteiger partial charge is 0.191 e. The summed E-state index contributed by atoms with van der Waals surface area (Å²) < 4.78 is 2.15. The van der Waals surface area contributed by atoms with E-state index in [4.69, 9.17) is 0 Å². The number of halogens is 1. The maximum Gasteiger partial charge on any atom is 0.191 e. The highest BCUT2D eigenvalue weighted by Gasteiger charge is 1.97. The quantitative estimate of drug-likeness (QED) is 0.442. The maximum absolute atomic E-state index is 4.57. The number of nitrogens with zero attached hydrogens (tertiary/aromatic N) is 2. The number of guanidine groups is 1. The van der Waals surface area contributed by atoms with Crippen LogP contribution >= 0.6 is 35.3 Å². The van der Waals surface area contributed by atoms with E-state index in [0.717, 1.165) is 32.1 Å². The summed E-state index contributed by atoms with van der Waals surface area (Å²) in [6.07, 6.45) is 4.13. The van der Waals surface area contributed by atoms with E-state index < -0.39 is 0 Å². The first kappa shape index (κ1) is 17.0. The molecule has 0 bridgehead atoms. The molecule has 0 aliphatic rings. The van der Waals surface area contributed by atoms with Crippen molar-refractivity contribution < 1.29 is 0 Å². The molecule has 0 aliphatic heterocycles. The number of aromatic nitrogens is 1. The Morgan fingerprint density at radius 3 is 2.75 bits per heavy atom. The lowest BCUT2D eigenvalue weighted by Gasteiger charge is -2.11. The van der Waals surface area contributed by atoms with E-state index in [-0.39, 0.29) is 24.0 Å². The standard InChI is InChI=1S/C14H20N4S.HI/c1-2-15-14(17-11-13-5-10-19-12-13)16-6-9-18-7-3-4-8-18;/h3-5,7-8,10,12H,2,6,9,11H2,1H3,(H2,15,16,17);1H. The fraction of sp³-hybridized carbons (Fsp3) is 0.357. The number of thiophene rings is 1. The van der Waals surface area contributed by atoms with Gasteiger partial charge in [-0.05, 0) is 41.4 Å². The minimum absolute atomic E-state index is 0. The van der Waals surface area contributed by atoms with Crippen molar-refractivity contribution in [3.05, 3.63) is 46.9 Å². The van der Waals surface area contributed by atoms with Gasteiger partial charge in [0, 0.05) is 32.0 Å². The Hall–Kier alpha value is -1.02. The van der Waals surface area contributed by atoms with Crippen molar-refractivity contribution >= 4 is 41.3 Å². The lowest BCUT2D eigenvalue weighted by molar-refractivity contribution is 0.666. The number of hydrogen-bond acceptors (Lipinski definition) is 2. The largest absolute Gasteiger partial charge is 0.357 e. The Bertz CT molecular complexity index is 479. The summed E-state index contributed by atoms with van der Waals surface area (Å²) in [6, 6.07) is 6.18. The summed E-state index contributed by atoms with van der Waals surface area (Å²) in [5.41, 5.74) is 1.26. The summed E-state index contributed by atoms with van der Waals surface area (Å²) in [7, 11) is 0. The lowest BCUT2D eigenvalue weighted by atomic mass is 10.3. The lowest BCUT2D eigenvalue weighted by Crippen LogP contribution is -2.38. The second-order valence-electron chi connectivity index (χ2n) is 4.17. The number of nitrogens with one attached hydrogen (secondary N) is 2. The van der Waals surface area contributed by atoms with Gasteiger partial charge >= 0.3 is 0 Å². The Balaban J connectivity index is 0.00000200. The van der Waals surface area contributed by atoms with Crippen LogP contribution in [0.15, 0.2) is 46.3 Å². The molecule has 0 unspecified atom stereocenters. The zero-order chi connectivity index (χ0) is 13.3. The molecule has 20 heavy (non-hydrogen) atoms. The number of hydrogen-bond donors (Lipinski definition) is 2. The summed E-state index contributed by atoms with van der Waals surface area (Å²) in [4.78, 5) is 4.57. The first-order chi connectivity index (χ1) is 9.38. The summed E-state index contributed by atoms with van der Waals surface area (Å²) in [5.74, 6) is 0.876. The van der Waals surface area contributed by atoms with Crippen LogP contribution in [0.3, 0.4) is 0 Å². The molecule has 0 saturated heterocycles. The van der Waals surface area contributed by atoms with E-state index in [1.165, 1.54) is 5.56 Å². The Kier molecular flexibility index (Phi) is 8.36. The number of rotatable bonds is 6. The molecule has 2 aromatic heterocycles. The highest BCUT2D eigenvalue weighted by molar-refractivity contribution is 14.0. The predicted molar refractivity (Wildman–Crippen MR) is 97.0 cm³/mol. The van der Waals surface area contributed by atoms with Gasteiger partial charge in [0.1, 0.15) is 0 Å². The van der Waals surface area contributed by atoms with Gasteiger partial charge in [-0.2, -0.15) is 11.3 Å². The summed E-state index contributed by atoms with van der Waals surface area (Å²) in [6.45, 7) is 5.48. The fourth-order valence-corrected chi connectivity index (χ4v) is 2.38. The van der Waals surface area contributed by atoms with Crippen LogP contribution in [-0.4, -0.2) is 23.6 Å². The van der Waals surface area contributed by atoms with Crippen LogP contribution in [0.1, 0.15) is 12.5 Å². The van der Waals surface area contributed by atoms with E-state index in [1.54, 1.807) is 11.3 Å². The summed E-state index contributed by atoms with van der Waals surface area (Å²) in [5, 5.41) is 10.8. The Morgan fingerprint density at radius 1 is 1.30 bits per heavy atom. The van der Waals surface area contributed by atoms with Gasteiger partial charge in [-0.15, -0.1) is 24.0 Å². The third kappa shape index (κ3) is 5.96. The first-order valence-corrected chi connectivity index (χ1v) is 7.47. The van der Waals surface area contributed by atoms with Gasteiger partial charge in [0.25, 0.3) is 0 Å². The molecule has 0 atom stereocenters. The van der Waals surface area contributed by atoms with Gasteiger partial charge in [-0.25, -0.2) is 4.99 Å². The first-order valence-electron chi connectivity index (χ1n) is 6.52. The van der Waals surface area contributed by atoms with Crippen molar-refractivity contribution in [1.82, 2.24) is 15.2 Å². The monoisotopic (exact) mass is 404 g/mol. The molecule has 2 rings (SSSR count). The van der Waals surface area contributed by atoms with E-state index in [1.807, 2.05) is 12.1 Å². The molecule has 2 heterocycles. The van der Waals surface area contributed by atoms with E-state index >= 15 is 0 Å². The molecule has 0 amide bonds. The van der Waals surface area contributed by atoms with Crippen LogP contribution in [0.5, 0.6) is 0 Å². The molecular weight excluding hydrogens is 383 g/mol. The second kappa shape index (κ2) is 9.82. The molecule has 6 heteroatoms. The minimum Gasteiger partial charge on any atom is -0.357 e. The SMILES string of the molecule is CCNC(=NCc1ccsc1)NCCn1cccc1.I. The molecular formula is C14H21IN4S. The normalized spacial score (nSPS) is 10.9. The third-order valence-corrected chi connectivity index (χ3v) is 3.40. The molecule has 0 saturated carbocycles. The molecule has 4 nitrogen and oxygen atoms in total. The Morgan fingerprint density at radius 2 is 2.10 bits per heavy atom. The third-order valence-electron chi connectivity index (χ3n) is 2.67. The van der Waals surface area contributed by atoms with Gasteiger partial charge in [0.15, 0.2) is 5.96 Å². The average molecular weight is 404 g/mol. The van der Waals surface area contributed by atoms with Crippen molar-refractivity contribution in [2.75, 3.05) is 13.1 Å². The van der Waals surface area contributed by atoms with E-state index in [2.05, 4.69) is 56.3 Å². The average Bonchev–Trinajstić information content (AvgIpc) is 3.09. The van der Waals surface area contributed by atoms with Gasteiger partial charge in [0.05, 0.1) is 6.54 Å². The van der Waals surface area contributed by atoms with E-state index in [0.29, 0.717) is 0 Å². The molecule has 0 spiro atoms. The molecule has 0 aromatic carbocycles. The van der Waals surface area contributed by atoms with Crippen LogP contribution in [0.25, 0.3) is 0 Å². The van der Waals surface area contributed by atoms with Crippen molar-refractivity contribution in [1.29, 1.82) is 0 Å². The molecule has 2 aromatic rings.